The maximum absolute atomic E-state index is 11.2. The van der Waals surface area contributed by atoms with Gasteiger partial charge < -0.3 is 5.32 Å². The van der Waals surface area contributed by atoms with Crippen LogP contribution in [-0.2, 0) is 4.79 Å². The standard InChI is InChI=1S/C12H21NO/c1-9-11(8-12(14)13-9)7-10-5-3-2-4-6-10/h9-11H,2-8H2,1H3,(H,13,14). The third-order valence-electron chi connectivity index (χ3n) is 3.90. The fraction of sp³-hybridized carbons (Fsp3) is 0.917. The first-order valence-corrected chi connectivity index (χ1v) is 6.05. The highest BCUT2D eigenvalue weighted by atomic mass is 16.1. The van der Waals surface area contributed by atoms with Crippen LogP contribution in [0.15, 0.2) is 0 Å². The Labute approximate surface area is 86.5 Å². The third kappa shape index (κ3) is 2.28. The van der Waals surface area contributed by atoms with Gasteiger partial charge >= 0.3 is 0 Å². The van der Waals surface area contributed by atoms with E-state index in [4.69, 9.17) is 0 Å². The van der Waals surface area contributed by atoms with Crippen molar-refractivity contribution >= 4 is 5.91 Å². The van der Waals surface area contributed by atoms with Gasteiger partial charge in [-0.2, -0.15) is 0 Å². The molecular weight excluding hydrogens is 174 g/mol. The van der Waals surface area contributed by atoms with Crippen molar-refractivity contribution in [1.82, 2.24) is 5.32 Å². The second-order valence-corrected chi connectivity index (χ2v) is 5.06. The first-order valence-electron chi connectivity index (χ1n) is 6.05. The van der Waals surface area contributed by atoms with Crippen LogP contribution in [0.4, 0.5) is 0 Å². The number of amides is 1. The minimum Gasteiger partial charge on any atom is -0.353 e. The van der Waals surface area contributed by atoms with E-state index in [1.807, 2.05) is 0 Å². The molecule has 1 amide bonds. The number of hydrogen-bond donors (Lipinski definition) is 1. The van der Waals surface area contributed by atoms with Crippen molar-refractivity contribution in [1.29, 1.82) is 0 Å². The number of rotatable bonds is 2. The lowest BCUT2D eigenvalue weighted by molar-refractivity contribution is -0.119. The van der Waals surface area contributed by atoms with Crippen LogP contribution >= 0.6 is 0 Å². The minimum atomic E-state index is 0.262. The fourth-order valence-electron chi connectivity index (χ4n) is 2.98. The molecule has 1 heterocycles. The lowest BCUT2D eigenvalue weighted by atomic mass is 9.81. The Morgan fingerprint density at radius 3 is 2.57 bits per heavy atom. The monoisotopic (exact) mass is 195 g/mol. The Kier molecular flexibility index (Phi) is 3.09. The highest BCUT2D eigenvalue weighted by molar-refractivity contribution is 5.78. The fourth-order valence-corrected chi connectivity index (χ4v) is 2.98. The van der Waals surface area contributed by atoms with E-state index < -0.39 is 0 Å². The highest BCUT2D eigenvalue weighted by Gasteiger charge is 2.31. The van der Waals surface area contributed by atoms with Crippen LogP contribution in [0.25, 0.3) is 0 Å². The van der Waals surface area contributed by atoms with E-state index in [-0.39, 0.29) is 5.91 Å². The zero-order valence-electron chi connectivity index (χ0n) is 9.09. The van der Waals surface area contributed by atoms with Crippen LogP contribution < -0.4 is 5.32 Å². The minimum absolute atomic E-state index is 0.262. The van der Waals surface area contributed by atoms with Gasteiger partial charge in [0.2, 0.25) is 5.91 Å². The predicted molar refractivity (Wildman–Crippen MR) is 56.9 cm³/mol. The van der Waals surface area contributed by atoms with E-state index in [1.54, 1.807) is 0 Å². The molecule has 0 radical (unpaired) electrons. The Hall–Kier alpha value is -0.530. The first-order chi connectivity index (χ1) is 6.75. The van der Waals surface area contributed by atoms with E-state index >= 15 is 0 Å². The molecule has 80 valence electrons. The Morgan fingerprint density at radius 1 is 1.29 bits per heavy atom. The molecule has 0 aromatic rings. The normalized spacial score (nSPS) is 34.5. The van der Waals surface area contributed by atoms with Crippen molar-refractivity contribution in [3.8, 4) is 0 Å². The molecular formula is C12H21NO. The average Bonchev–Trinajstić information content (AvgIpc) is 2.47. The molecule has 1 N–H and O–H groups in total. The van der Waals surface area contributed by atoms with Crippen LogP contribution in [0.3, 0.4) is 0 Å². The van der Waals surface area contributed by atoms with Gasteiger partial charge in [0, 0.05) is 12.5 Å². The topological polar surface area (TPSA) is 29.1 Å². The molecule has 2 unspecified atom stereocenters. The largest absolute Gasteiger partial charge is 0.353 e. The summed E-state index contributed by atoms with van der Waals surface area (Å²) < 4.78 is 0. The zero-order valence-corrected chi connectivity index (χ0v) is 9.09. The number of carbonyl (C=O) groups excluding carboxylic acids is 1. The summed E-state index contributed by atoms with van der Waals surface area (Å²) in [5, 5.41) is 3.02. The molecule has 2 rings (SSSR count). The molecule has 14 heavy (non-hydrogen) atoms. The quantitative estimate of drug-likeness (QED) is 0.720. The summed E-state index contributed by atoms with van der Waals surface area (Å²) in [5.41, 5.74) is 0. The molecule has 0 aromatic heterocycles. The summed E-state index contributed by atoms with van der Waals surface area (Å²) in [6.45, 7) is 2.15. The SMILES string of the molecule is CC1NC(=O)CC1CC1CCCCC1. The summed E-state index contributed by atoms with van der Waals surface area (Å²) in [6, 6.07) is 0.421. The summed E-state index contributed by atoms with van der Waals surface area (Å²) in [5.74, 6) is 1.79. The molecule has 1 saturated heterocycles. The Bertz CT molecular complexity index is 208. The van der Waals surface area contributed by atoms with E-state index in [2.05, 4.69) is 12.2 Å². The molecule has 0 bridgehead atoms. The van der Waals surface area contributed by atoms with E-state index in [0.717, 1.165) is 12.3 Å². The lowest BCUT2D eigenvalue weighted by Gasteiger charge is -2.25. The molecule has 2 fully saturated rings. The van der Waals surface area contributed by atoms with E-state index in [1.165, 1.54) is 38.5 Å². The van der Waals surface area contributed by atoms with Gasteiger partial charge in [0.25, 0.3) is 0 Å². The maximum atomic E-state index is 11.2. The van der Waals surface area contributed by atoms with E-state index in [9.17, 15) is 4.79 Å². The molecule has 2 aliphatic rings. The Morgan fingerprint density at radius 2 is 2.00 bits per heavy atom. The molecule has 1 aliphatic heterocycles. The van der Waals surface area contributed by atoms with Gasteiger partial charge in [0.15, 0.2) is 0 Å². The summed E-state index contributed by atoms with van der Waals surface area (Å²) >= 11 is 0. The molecule has 0 aromatic carbocycles. The van der Waals surface area contributed by atoms with Crippen LogP contribution in [0, 0.1) is 11.8 Å². The zero-order chi connectivity index (χ0) is 9.97. The van der Waals surface area contributed by atoms with Crippen molar-refractivity contribution in [3.05, 3.63) is 0 Å². The van der Waals surface area contributed by atoms with Gasteiger partial charge in [0.05, 0.1) is 0 Å². The van der Waals surface area contributed by atoms with Crippen LogP contribution in [0.2, 0.25) is 0 Å². The summed E-state index contributed by atoms with van der Waals surface area (Å²) in [4.78, 5) is 11.2. The van der Waals surface area contributed by atoms with Crippen molar-refractivity contribution < 1.29 is 4.79 Å². The lowest BCUT2D eigenvalue weighted by Crippen LogP contribution is -2.26. The number of hydrogen-bond acceptors (Lipinski definition) is 1. The van der Waals surface area contributed by atoms with Gasteiger partial charge in [-0.15, -0.1) is 0 Å². The van der Waals surface area contributed by atoms with Crippen LogP contribution in [0.1, 0.15) is 51.9 Å². The molecule has 1 aliphatic carbocycles. The van der Waals surface area contributed by atoms with Crippen LogP contribution in [-0.4, -0.2) is 11.9 Å². The van der Waals surface area contributed by atoms with Gasteiger partial charge in [-0.1, -0.05) is 32.1 Å². The van der Waals surface area contributed by atoms with Gasteiger partial charge in [-0.25, -0.2) is 0 Å². The summed E-state index contributed by atoms with van der Waals surface area (Å²) in [6.07, 6.45) is 9.10. The van der Waals surface area contributed by atoms with Crippen LogP contribution in [0.5, 0.6) is 0 Å². The number of nitrogens with one attached hydrogen (secondary N) is 1. The molecule has 2 atom stereocenters. The first kappa shape index (κ1) is 10.0. The predicted octanol–water partition coefficient (Wildman–Crippen LogP) is 2.48. The maximum Gasteiger partial charge on any atom is 0.220 e. The molecule has 0 spiro atoms. The van der Waals surface area contributed by atoms with Crippen molar-refractivity contribution in [2.75, 3.05) is 0 Å². The van der Waals surface area contributed by atoms with Gasteiger partial charge in [0.1, 0.15) is 0 Å². The molecule has 1 saturated carbocycles. The highest BCUT2D eigenvalue weighted by Crippen LogP contribution is 2.32. The van der Waals surface area contributed by atoms with Crippen molar-refractivity contribution in [3.63, 3.8) is 0 Å². The third-order valence-corrected chi connectivity index (χ3v) is 3.90. The van der Waals surface area contributed by atoms with E-state index in [0.29, 0.717) is 12.0 Å². The van der Waals surface area contributed by atoms with Crippen molar-refractivity contribution in [2.24, 2.45) is 11.8 Å². The molecule has 2 heteroatoms. The number of carbonyl (C=O) groups is 1. The summed E-state index contributed by atoms with van der Waals surface area (Å²) in [7, 11) is 0. The van der Waals surface area contributed by atoms with Gasteiger partial charge in [-0.3, -0.25) is 4.79 Å². The smallest absolute Gasteiger partial charge is 0.220 e. The average molecular weight is 195 g/mol. The Balaban J connectivity index is 1.81. The second kappa shape index (κ2) is 4.33. The second-order valence-electron chi connectivity index (χ2n) is 5.06. The van der Waals surface area contributed by atoms with Crippen molar-refractivity contribution in [2.45, 2.75) is 57.9 Å². The van der Waals surface area contributed by atoms with Gasteiger partial charge in [-0.05, 0) is 25.2 Å². The molecule has 2 nitrogen and oxygen atoms in total.